The zero-order chi connectivity index (χ0) is 16.8. The number of ether oxygens (including phenoxy) is 1. The van der Waals surface area contributed by atoms with Gasteiger partial charge in [0.15, 0.2) is 12.4 Å². The number of benzene rings is 1. The lowest BCUT2D eigenvalue weighted by Crippen LogP contribution is -2.15. The molecular formula is C15H10F3NO3S. The summed E-state index contributed by atoms with van der Waals surface area (Å²) in [6, 6.07) is 7.40. The van der Waals surface area contributed by atoms with Crippen LogP contribution in [0.2, 0.25) is 0 Å². The molecule has 8 heteroatoms. The summed E-state index contributed by atoms with van der Waals surface area (Å²) < 4.78 is 42.4. The lowest BCUT2D eigenvalue weighted by molar-refractivity contribution is 0.0470. The molecule has 0 aliphatic heterocycles. The molecule has 0 unspecified atom stereocenters. The Bertz CT molecular complexity index is 707. The van der Waals surface area contributed by atoms with Crippen molar-refractivity contribution in [3.8, 4) is 0 Å². The van der Waals surface area contributed by atoms with E-state index in [2.05, 4.69) is 4.98 Å². The van der Waals surface area contributed by atoms with Gasteiger partial charge in [0.2, 0.25) is 0 Å². The third kappa shape index (κ3) is 4.82. The lowest BCUT2D eigenvalue weighted by Gasteiger charge is -2.07. The van der Waals surface area contributed by atoms with Gasteiger partial charge in [-0.05, 0) is 48.2 Å². The highest BCUT2D eigenvalue weighted by Gasteiger charge is 2.19. The maximum absolute atomic E-state index is 12.8. The van der Waals surface area contributed by atoms with Gasteiger partial charge in [0.1, 0.15) is 10.8 Å². The van der Waals surface area contributed by atoms with Crippen LogP contribution in [0.3, 0.4) is 0 Å². The summed E-state index contributed by atoms with van der Waals surface area (Å²) in [4.78, 5) is 27.4. The third-order valence-corrected chi connectivity index (χ3v) is 3.42. The number of rotatable bonds is 6. The van der Waals surface area contributed by atoms with Crippen LogP contribution in [0.4, 0.5) is 13.2 Å². The Hall–Kier alpha value is -2.35. The molecule has 0 radical (unpaired) electrons. The highest BCUT2D eigenvalue weighted by atomic mass is 32.2. The number of halogens is 3. The molecule has 1 aromatic heterocycles. The molecule has 0 saturated heterocycles. The number of Topliss-reactive ketones (excluding diaryl/α,β-unsaturated/α-hetero) is 1. The van der Waals surface area contributed by atoms with Gasteiger partial charge in [-0.2, -0.15) is 8.78 Å². The summed E-state index contributed by atoms with van der Waals surface area (Å²) in [5.41, 5.74) is 0.0253. The molecule has 0 amide bonds. The fourth-order valence-corrected chi connectivity index (χ4v) is 2.22. The fourth-order valence-electron chi connectivity index (χ4n) is 1.65. The SMILES string of the molecule is O=C(COC(=O)c1cccnc1SC(F)F)c1ccc(F)cc1. The number of thioether (sulfide) groups is 1. The zero-order valence-corrected chi connectivity index (χ0v) is 12.4. The zero-order valence-electron chi connectivity index (χ0n) is 11.5. The van der Waals surface area contributed by atoms with E-state index in [1.54, 1.807) is 0 Å². The van der Waals surface area contributed by atoms with Crippen molar-refractivity contribution in [2.24, 2.45) is 0 Å². The molecule has 23 heavy (non-hydrogen) atoms. The number of hydrogen-bond donors (Lipinski definition) is 0. The van der Waals surface area contributed by atoms with Gasteiger partial charge in [-0.3, -0.25) is 4.79 Å². The number of esters is 1. The molecular weight excluding hydrogens is 331 g/mol. The summed E-state index contributed by atoms with van der Waals surface area (Å²) >= 11 is 0.114. The van der Waals surface area contributed by atoms with Crippen molar-refractivity contribution in [2.45, 2.75) is 10.8 Å². The van der Waals surface area contributed by atoms with Crippen LogP contribution in [0.25, 0.3) is 0 Å². The van der Waals surface area contributed by atoms with E-state index in [1.165, 1.54) is 30.5 Å². The molecule has 0 spiro atoms. The molecule has 2 aromatic rings. The van der Waals surface area contributed by atoms with Crippen LogP contribution in [0.1, 0.15) is 20.7 Å². The molecule has 0 aliphatic rings. The average molecular weight is 341 g/mol. The van der Waals surface area contributed by atoms with Crippen LogP contribution in [0, 0.1) is 5.82 Å². The first kappa shape index (κ1) is 17.0. The number of alkyl halides is 2. The monoisotopic (exact) mass is 341 g/mol. The average Bonchev–Trinajstić information content (AvgIpc) is 2.53. The Morgan fingerprint density at radius 2 is 1.87 bits per heavy atom. The number of ketones is 1. The Kier molecular flexibility index (Phi) is 5.75. The first-order chi connectivity index (χ1) is 11.0. The molecule has 0 fully saturated rings. The molecule has 0 aliphatic carbocycles. The van der Waals surface area contributed by atoms with Gasteiger partial charge < -0.3 is 4.74 Å². The van der Waals surface area contributed by atoms with Crippen LogP contribution in [-0.4, -0.2) is 29.1 Å². The van der Waals surface area contributed by atoms with Crippen molar-refractivity contribution in [2.75, 3.05) is 6.61 Å². The molecule has 0 atom stereocenters. The number of carbonyl (C=O) groups excluding carboxylic acids is 2. The van der Waals surface area contributed by atoms with Gasteiger partial charge in [-0.1, -0.05) is 0 Å². The molecule has 4 nitrogen and oxygen atoms in total. The normalized spacial score (nSPS) is 10.6. The first-order valence-corrected chi connectivity index (χ1v) is 7.21. The predicted molar refractivity (Wildman–Crippen MR) is 77.1 cm³/mol. The van der Waals surface area contributed by atoms with E-state index in [4.69, 9.17) is 4.74 Å². The van der Waals surface area contributed by atoms with Crippen LogP contribution < -0.4 is 0 Å². The van der Waals surface area contributed by atoms with E-state index in [1.807, 2.05) is 0 Å². The summed E-state index contributed by atoms with van der Waals surface area (Å²) in [5, 5.41) is -0.179. The third-order valence-electron chi connectivity index (χ3n) is 2.69. The minimum atomic E-state index is -2.74. The summed E-state index contributed by atoms with van der Waals surface area (Å²) in [6.45, 7) is -0.585. The largest absolute Gasteiger partial charge is 0.454 e. The van der Waals surface area contributed by atoms with E-state index in [9.17, 15) is 22.8 Å². The fraction of sp³-hybridized carbons (Fsp3) is 0.133. The van der Waals surface area contributed by atoms with Crippen LogP contribution in [-0.2, 0) is 4.74 Å². The number of aromatic nitrogens is 1. The van der Waals surface area contributed by atoms with E-state index < -0.39 is 29.9 Å². The van der Waals surface area contributed by atoms with Gasteiger partial charge in [0, 0.05) is 11.8 Å². The van der Waals surface area contributed by atoms with Crippen molar-refractivity contribution < 1.29 is 27.5 Å². The Labute approximate surface area is 133 Å². The van der Waals surface area contributed by atoms with Gasteiger partial charge in [0.05, 0.1) is 5.56 Å². The van der Waals surface area contributed by atoms with Gasteiger partial charge in [-0.15, -0.1) is 0 Å². The predicted octanol–water partition coefficient (Wildman–Crippen LogP) is 3.58. The van der Waals surface area contributed by atoms with Gasteiger partial charge in [-0.25, -0.2) is 14.2 Å². The van der Waals surface area contributed by atoms with Crippen LogP contribution in [0.5, 0.6) is 0 Å². The summed E-state index contributed by atoms with van der Waals surface area (Å²) in [7, 11) is 0. The second-order valence-electron chi connectivity index (χ2n) is 4.24. The van der Waals surface area contributed by atoms with E-state index >= 15 is 0 Å². The molecule has 120 valence electrons. The van der Waals surface area contributed by atoms with E-state index in [0.717, 1.165) is 12.1 Å². The summed E-state index contributed by atoms with van der Waals surface area (Å²) in [6.07, 6.45) is 1.27. The van der Waals surface area contributed by atoms with Gasteiger partial charge in [0.25, 0.3) is 5.76 Å². The second kappa shape index (κ2) is 7.77. The minimum absolute atomic E-state index is 0.114. The van der Waals surface area contributed by atoms with E-state index in [0.29, 0.717) is 0 Å². The smallest absolute Gasteiger partial charge is 0.341 e. The summed E-state index contributed by atoms with van der Waals surface area (Å²) in [5.74, 6) is -4.71. The van der Waals surface area contributed by atoms with Crippen LogP contribution in [0.15, 0.2) is 47.6 Å². The standard InChI is InChI=1S/C15H10F3NO3S/c16-10-5-3-9(4-6-10)12(20)8-22-14(21)11-2-1-7-19-13(11)23-15(17)18/h1-7,15H,8H2. The number of nitrogens with zero attached hydrogens (tertiary/aromatic N) is 1. The van der Waals surface area contributed by atoms with Crippen molar-refractivity contribution in [1.29, 1.82) is 0 Å². The molecule has 2 rings (SSSR count). The van der Waals surface area contributed by atoms with Crippen molar-refractivity contribution in [3.63, 3.8) is 0 Å². The van der Waals surface area contributed by atoms with Crippen molar-refractivity contribution in [3.05, 3.63) is 59.5 Å². The second-order valence-corrected chi connectivity index (χ2v) is 5.22. The molecule has 1 aromatic carbocycles. The van der Waals surface area contributed by atoms with Crippen LogP contribution >= 0.6 is 11.8 Å². The highest BCUT2D eigenvalue weighted by Crippen LogP contribution is 2.26. The Morgan fingerprint density at radius 3 is 2.52 bits per heavy atom. The van der Waals surface area contributed by atoms with Gasteiger partial charge >= 0.3 is 5.97 Å². The lowest BCUT2D eigenvalue weighted by atomic mass is 10.1. The number of hydrogen-bond acceptors (Lipinski definition) is 5. The topological polar surface area (TPSA) is 56.3 Å². The van der Waals surface area contributed by atoms with Crippen molar-refractivity contribution in [1.82, 2.24) is 4.98 Å². The minimum Gasteiger partial charge on any atom is -0.454 e. The number of carbonyl (C=O) groups is 2. The van der Waals surface area contributed by atoms with E-state index in [-0.39, 0.29) is 27.9 Å². The quantitative estimate of drug-likeness (QED) is 0.457. The molecule has 0 saturated carbocycles. The maximum Gasteiger partial charge on any atom is 0.341 e. The Morgan fingerprint density at radius 1 is 1.17 bits per heavy atom. The maximum atomic E-state index is 12.8. The molecule has 0 bridgehead atoms. The Balaban J connectivity index is 2.02. The number of pyridine rings is 1. The van der Waals surface area contributed by atoms with Crippen molar-refractivity contribution >= 4 is 23.5 Å². The highest BCUT2D eigenvalue weighted by molar-refractivity contribution is 7.99. The molecule has 0 N–H and O–H groups in total. The molecule has 1 heterocycles. The first-order valence-electron chi connectivity index (χ1n) is 6.33.